The fraction of sp³-hybridized carbons (Fsp3) is 0. The number of anilines is 1. The van der Waals surface area contributed by atoms with Gasteiger partial charge in [0.15, 0.2) is 5.58 Å². The van der Waals surface area contributed by atoms with E-state index in [0.717, 1.165) is 23.5 Å². The number of carbonyl (C=O) groups excluding carboxylic acids is 1. The zero-order chi connectivity index (χ0) is 24.7. The highest BCUT2D eigenvalue weighted by Crippen LogP contribution is 2.38. The normalized spacial score (nSPS) is 11.5. The van der Waals surface area contributed by atoms with Crippen molar-refractivity contribution in [1.82, 2.24) is 0 Å². The standard InChI is InChI=1S/C24H14N2O7S2/c27-23(15-10-12-16(13-11-15)26(29)30)25(35(31,32)17-6-2-1-3-7-17)20-14-21-22(33-24(28)34-21)19-9-5-4-8-18(19)20/h1-14H. The number of hydrogen-bond acceptors (Lipinski definition) is 8. The Bertz CT molecular complexity index is 1770. The zero-order valence-electron chi connectivity index (χ0n) is 17.7. The first-order valence-corrected chi connectivity index (χ1v) is 12.4. The van der Waals surface area contributed by atoms with Crippen LogP contribution in [0.2, 0.25) is 0 Å². The van der Waals surface area contributed by atoms with Gasteiger partial charge in [-0.15, -0.1) is 0 Å². The summed E-state index contributed by atoms with van der Waals surface area (Å²) in [6.45, 7) is 0. The lowest BCUT2D eigenvalue weighted by Gasteiger charge is -2.24. The summed E-state index contributed by atoms with van der Waals surface area (Å²) in [6, 6.07) is 20.2. The Hall–Kier alpha value is -4.35. The monoisotopic (exact) mass is 506 g/mol. The van der Waals surface area contributed by atoms with Crippen molar-refractivity contribution >= 4 is 59.7 Å². The van der Waals surface area contributed by atoms with Crippen LogP contribution in [-0.2, 0) is 10.0 Å². The molecule has 9 nitrogen and oxygen atoms in total. The summed E-state index contributed by atoms with van der Waals surface area (Å²) in [6.07, 6.45) is 0. The van der Waals surface area contributed by atoms with Gasteiger partial charge in [0.2, 0.25) is 0 Å². The van der Waals surface area contributed by atoms with E-state index in [-0.39, 0.29) is 21.8 Å². The number of benzene rings is 4. The van der Waals surface area contributed by atoms with Crippen LogP contribution in [0.3, 0.4) is 0 Å². The molecule has 0 spiro atoms. The average Bonchev–Trinajstić information content (AvgIpc) is 3.25. The molecule has 0 aliphatic heterocycles. The number of non-ortho nitro benzene ring substituents is 1. The molecule has 0 atom stereocenters. The molecule has 0 bridgehead atoms. The van der Waals surface area contributed by atoms with Crippen molar-refractivity contribution in [1.29, 1.82) is 0 Å². The topological polar surface area (TPSA) is 128 Å². The predicted octanol–water partition coefficient (Wildman–Crippen LogP) is 4.95. The van der Waals surface area contributed by atoms with Gasteiger partial charge in [-0.3, -0.25) is 14.9 Å². The molecule has 0 fully saturated rings. The molecule has 11 heteroatoms. The van der Waals surface area contributed by atoms with Crippen LogP contribution in [0.25, 0.3) is 21.1 Å². The molecule has 1 amide bonds. The minimum absolute atomic E-state index is 0.0253. The molecule has 35 heavy (non-hydrogen) atoms. The molecule has 5 aromatic rings. The Balaban J connectivity index is 1.81. The van der Waals surface area contributed by atoms with E-state index in [1.807, 2.05) is 0 Å². The maximum absolute atomic E-state index is 13.8. The van der Waals surface area contributed by atoms with E-state index in [4.69, 9.17) is 4.42 Å². The van der Waals surface area contributed by atoms with Gasteiger partial charge in [0, 0.05) is 28.5 Å². The minimum atomic E-state index is -4.44. The van der Waals surface area contributed by atoms with Crippen LogP contribution in [0, 0.1) is 10.1 Å². The fourth-order valence-electron chi connectivity index (χ4n) is 3.74. The van der Waals surface area contributed by atoms with E-state index < -0.39 is 25.8 Å². The predicted molar refractivity (Wildman–Crippen MR) is 131 cm³/mol. The van der Waals surface area contributed by atoms with E-state index in [1.54, 1.807) is 30.3 Å². The van der Waals surface area contributed by atoms with Gasteiger partial charge in [0.25, 0.3) is 21.6 Å². The maximum Gasteiger partial charge on any atom is 0.396 e. The van der Waals surface area contributed by atoms with Gasteiger partial charge in [-0.1, -0.05) is 53.8 Å². The van der Waals surface area contributed by atoms with Gasteiger partial charge in [-0.05, 0) is 30.3 Å². The van der Waals surface area contributed by atoms with Gasteiger partial charge in [0.1, 0.15) is 0 Å². The van der Waals surface area contributed by atoms with Gasteiger partial charge < -0.3 is 4.42 Å². The number of hydrogen-bond donors (Lipinski definition) is 0. The number of sulfonamides is 1. The van der Waals surface area contributed by atoms with Crippen LogP contribution < -0.4 is 9.24 Å². The van der Waals surface area contributed by atoms with Gasteiger partial charge >= 0.3 is 4.94 Å². The molecule has 0 aliphatic rings. The number of nitrogens with zero attached hydrogens (tertiary/aromatic N) is 2. The Morgan fingerprint density at radius 1 is 0.914 bits per heavy atom. The lowest BCUT2D eigenvalue weighted by Crippen LogP contribution is -2.37. The zero-order valence-corrected chi connectivity index (χ0v) is 19.3. The molecule has 1 heterocycles. The second-order valence-corrected chi connectivity index (χ2v) is 10.2. The average molecular weight is 507 g/mol. The molecule has 1 aromatic heterocycles. The lowest BCUT2D eigenvalue weighted by atomic mass is 10.1. The van der Waals surface area contributed by atoms with Crippen molar-refractivity contribution in [2.45, 2.75) is 4.90 Å². The first kappa shape index (κ1) is 22.4. The Morgan fingerprint density at radius 2 is 1.54 bits per heavy atom. The van der Waals surface area contributed by atoms with Crippen molar-refractivity contribution in [3.8, 4) is 0 Å². The second-order valence-electron chi connectivity index (χ2n) is 7.41. The number of rotatable bonds is 5. The molecular formula is C24H14N2O7S2. The third kappa shape index (κ3) is 3.86. The van der Waals surface area contributed by atoms with Gasteiger partial charge in [-0.25, -0.2) is 13.2 Å². The Labute approximate surface area is 201 Å². The molecule has 5 rings (SSSR count). The highest BCUT2D eigenvalue weighted by atomic mass is 32.2. The SMILES string of the molecule is O=C(c1ccc([N+](=O)[O-])cc1)N(c1cc2sc(=O)oc2c2ccccc12)S(=O)(=O)c1ccccc1. The van der Waals surface area contributed by atoms with E-state index >= 15 is 0 Å². The van der Waals surface area contributed by atoms with Crippen molar-refractivity contribution in [2.24, 2.45) is 0 Å². The van der Waals surface area contributed by atoms with E-state index in [1.165, 1.54) is 42.5 Å². The van der Waals surface area contributed by atoms with Crippen molar-refractivity contribution in [2.75, 3.05) is 4.31 Å². The summed E-state index contributed by atoms with van der Waals surface area (Å²) in [5.74, 6) is -0.913. The first-order valence-electron chi connectivity index (χ1n) is 10.1. The molecular weight excluding hydrogens is 492 g/mol. The lowest BCUT2D eigenvalue weighted by molar-refractivity contribution is -0.384. The number of nitro benzene ring substituents is 1. The number of nitro groups is 1. The van der Waals surface area contributed by atoms with Crippen LogP contribution in [0.1, 0.15) is 10.4 Å². The molecule has 0 saturated heterocycles. The maximum atomic E-state index is 13.8. The van der Waals surface area contributed by atoms with Gasteiger partial charge in [-0.2, -0.15) is 4.31 Å². The third-order valence-electron chi connectivity index (χ3n) is 5.33. The molecule has 0 N–H and O–H groups in total. The molecule has 174 valence electrons. The molecule has 0 saturated carbocycles. The smallest absolute Gasteiger partial charge is 0.396 e. The van der Waals surface area contributed by atoms with Crippen LogP contribution in [0.5, 0.6) is 0 Å². The minimum Gasteiger partial charge on any atom is -0.413 e. The summed E-state index contributed by atoms with van der Waals surface area (Å²) in [5, 5.41) is 11.9. The Kier molecular flexibility index (Phi) is 5.42. The van der Waals surface area contributed by atoms with Crippen LogP contribution in [0.4, 0.5) is 11.4 Å². The second kappa shape index (κ2) is 8.46. The highest BCUT2D eigenvalue weighted by molar-refractivity contribution is 7.93. The first-order chi connectivity index (χ1) is 16.8. The quantitative estimate of drug-likeness (QED) is 0.244. The van der Waals surface area contributed by atoms with Crippen molar-refractivity contribution < 1.29 is 22.6 Å². The summed E-state index contributed by atoms with van der Waals surface area (Å²) in [4.78, 5) is 35.4. The number of amides is 1. The van der Waals surface area contributed by atoms with Crippen molar-refractivity contribution in [3.05, 3.63) is 110 Å². The highest BCUT2D eigenvalue weighted by Gasteiger charge is 2.34. The van der Waals surface area contributed by atoms with Crippen molar-refractivity contribution in [3.63, 3.8) is 0 Å². The van der Waals surface area contributed by atoms with Gasteiger partial charge in [0.05, 0.1) is 20.2 Å². The molecule has 0 radical (unpaired) electrons. The molecule has 4 aromatic carbocycles. The third-order valence-corrected chi connectivity index (χ3v) is 7.81. The van der Waals surface area contributed by atoms with E-state index in [0.29, 0.717) is 25.4 Å². The molecule has 0 unspecified atom stereocenters. The summed E-state index contributed by atoms with van der Waals surface area (Å²) in [7, 11) is -4.44. The summed E-state index contributed by atoms with van der Waals surface area (Å²) < 4.78 is 34.0. The van der Waals surface area contributed by atoms with Crippen LogP contribution in [0.15, 0.2) is 99.0 Å². The largest absolute Gasteiger partial charge is 0.413 e. The number of fused-ring (bicyclic) bond motifs is 3. The van der Waals surface area contributed by atoms with E-state index in [2.05, 4.69) is 0 Å². The fourth-order valence-corrected chi connectivity index (χ4v) is 5.90. The van der Waals surface area contributed by atoms with Crippen LogP contribution in [-0.4, -0.2) is 19.2 Å². The Morgan fingerprint density at radius 3 is 2.20 bits per heavy atom. The summed E-state index contributed by atoms with van der Waals surface area (Å²) >= 11 is 0.788. The summed E-state index contributed by atoms with van der Waals surface area (Å²) in [5.41, 5.74) is 0.00488. The number of carbonyl (C=O) groups is 1. The van der Waals surface area contributed by atoms with E-state index in [9.17, 15) is 28.1 Å². The molecule has 0 aliphatic carbocycles. The van der Waals surface area contributed by atoms with Crippen LogP contribution >= 0.6 is 11.3 Å².